The van der Waals surface area contributed by atoms with Gasteiger partial charge >= 0.3 is 0 Å². The summed E-state index contributed by atoms with van der Waals surface area (Å²) in [6.45, 7) is 10.3. The molecule has 1 N–H and O–H groups in total. The summed E-state index contributed by atoms with van der Waals surface area (Å²) < 4.78 is 23.3. The number of rotatable bonds is 11. The number of benzene rings is 3. The van der Waals surface area contributed by atoms with Crippen LogP contribution in [0.2, 0.25) is 0 Å². The van der Waals surface area contributed by atoms with Gasteiger partial charge in [0.05, 0.1) is 39.6 Å². The van der Waals surface area contributed by atoms with E-state index in [4.69, 9.17) is 23.7 Å². The van der Waals surface area contributed by atoms with Crippen LogP contribution in [-0.2, 0) is 52.6 Å². The van der Waals surface area contributed by atoms with E-state index in [0.717, 1.165) is 28.2 Å². The second-order valence-corrected chi connectivity index (χ2v) is 8.70. The molecule has 0 heterocycles. The maximum Gasteiger partial charge on any atom is 0.143 e. The first-order valence-corrected chi connectivity index (χ1v) is 12.1. The van der Waals surface area contributed by atoms with Gasteiger partial charge in [-0.15, -0.1) is 0 Å². The molecule has 0 atom stereocenters. The number of carbonyl (C=O) groups is 1. The Kier molecular flexibility index (Phi) is 18.0. The van der Waals surface area contributed by atoms with E-state index >= 15 is 0 Å². The first kappa shape index (κ1) is 35.9. The summed E-state index contributed by atoms with van der Waals surface area (Å²) >= 11 is 0. The van der Waals surface area contributed by atoms with Crippen molar-refractivity contribution in [2.24, 2.45) is 0 Å². The number of aliphatic hydroxyl groups excluding tert-OH is 1. The Bertz CT molecular complexity index is 944. The molecule has 0 aromatic heterocycles. The molecule has 6 nitrogen and oxygen atoms in total. The van der Waals surface area contributed by atoms with Gasteiger partial charge in [0.1, 0.15) is 23.9 Å². The third kappa shape index (κ3) is 10.2. The van der Waals surface area contributed by atoms with Crippen molar-refractivity contribution in [3.8, 4) is 11.5 Å². The molecular formula is C31H41O6Y-. The molecule has 0 spiro atoms. The van der Waals surface area contributed by atoms with Gasteiger partial charge < -0.3 is 35.3 Å². The fourth-order valence-corrected chi connectivity index (χ4v) is 3.63. The molecule has 0 amide bonds. The summed E-state index contributed by atoms with van der Waals surface area (Å²) in [5, 5.41) is 9.50. The van der Waals surface area contributed by atoms with E-state index < -0.39 is 11.2 Å². The number of hydrogen-bond acceptors (Lipinski definition) is 6. The van der Waals surface area contributed by atoms with Crippen LogP contribution in [0.25, 0.3) is 0 Å². The zero-order valence-electron chi connectivity index (χ0n) is 23.5. The summed E-state index contributed by atoms with van der Waals surface area (Å²) in [5.74, 6) is 1.55. The van der Waals surface area contributed by atoms with Crippen molar-refractivity contribution in [1.82, 2.24) is 0 Å². The Hall–Kier alpha value is -2.09. The predicted molar refractivity (Wildman–Crippen MR) is 148 cm³/mol. The van der Waals surface area contributed by atoms with Crippen LogP contribution in [0.4, 0.5) is 0 Å². The van der Waals surface area contributed by atoms with Gasteiger partial charge in [-0.3, -0.25) is 0 Å². The summed E-state index contributed by atoms with van der Waals surface area (Å²) in [6.07, 6.45) is 2.00. The Balaban J connectivity index is 0.00000213. The number of ether oxygens (including phenoxy) is 4. The minimum absolute atomic E-state index is 0. The molecule has 1 radical (unpaired) electrons. The monoisotopic (exact) mass is 598 g/mol. The molecule has 205 valence electrons. The van der Waals surface area contributed by atoms with Crippen LogP contribution in [0, 0.1) is 6.42 Å². The topological polar surface area (TPSA) is 74.2 Å². The minimum atomic E-state index is -0.869. The normalized spacial score (nSPS) is 10.6. The van der Waals surface area contributed by atoms with Gasteiger partial charge in [-0.05, 0) is 54.8 Å². The number of hydrogen-bond donors (Lipinski definition) is 1. The van der Waals surface area contributed by atoms with Crippen LogP contribution in [-0.4, -0.2) is 51.5 Å². The molecule has 3 rings (SSSR count). The predicted octanol–water partition coefficient (Wildman–Crippen LogP) is 5.84. The van der Waals surface area contributed by atoms with Gasteiger partial charge in [0, 0.05) is 32.7 Å². The molecule has 0 aliphatic rings. The third-order valence-electron chi connectivity index (χ3n) is 5.45. The standard InChI is InChI=1S/C27H32O5.C3H7.CH2O.Y/c1-26(2,20-28)31-18-19-32-27(21-8-6-5-7-9-21,22-10-14-24(29-3)15-11-22)23-12-16-25(30-4)17-13-23;1-3-2;1-2;/h5-17,28H,18-20H2,1-4H3;3H,1-2H3;1H2;/q;-1;;. The van der Waals surface area contributed by atoms with E-state index in [2.05, 4.69) is 12.1 Å². The van der Waals surface area contributed by atoms with E-state index in [-0.39, 0.29) is 39.3 Å². The van der Waals surface area contributed by atoms with Gasteiger partial charge in [-0.1, -0.05) is 54.6 Å². The molecule has 38 heavy (non-hydrogen) atoms. The van der Waals surface area contributed by atoms with Crippen LogP contribution in [0.15, 0.2) is 78.9 Å². The smallest absolute Gasteiger partial charge is 0.143 e. The molecule has 0 aliphatic carbocycles. The number of aliphatic hydroxyl groups is 1. The van der Waals surface area contributed by atoms with Crippen molar-refractivity contribution in [3.63, 3.8) is 0 Å². The van der Waals surface area contributed by atoms with Gasteiger partial charge in [0.2, 0.25) is 0 Å². The maximum atomic E-state index is 9.50. The van der Waals surface area contributed by atoms with Crippen molar-refractivity contribution in [2.45, 2.75) is 38.9 Å². The first-order valence-electron chi connectivity index (χ1n) is 12.1. The molecule has 3 aromatic carbocycles. The summed E-state index contributed by atoms with van der Waals surface area (Å²) in [6, 6.07) is 26.0. The SMILES string of the molecule is C=O.COc1ccc(C(OCCOC(C)(C)CO)(c2ccccc2)c2ccc(OC)cc2)cc1.C[CH-]C.[Y]. The first-order chi connectivity index (χ1) is 17.9. The van der Waals surface area contributed by atoms with Gasteiger partial charge in [-0.25, -0.2) is 0 Å². The maximum absolute atomic E-state index is 9.50. The molecular weight excluding hydrogens is 557 g/mol. The van der Waals surface area contributed by atoms with E-state index in [1.165, 1.54) is 0 Å². The largest absolute Gasteiger partial charge is 0.497 e. The van der Waals surface area contributed by atoms with Crippen molar-refractivity contribution in [1.29, 1.82) is 0 Å². The fraction of sp³-hybridized carbons (Fsp3) is 0.355. The van der Waals surface area contributed by atoms with E-state index in [1.54, 1.807) is 14.2 Å². The Morgan fingerprint density at radius 3 is 1.45 bits per heavy atom. The zero-order valence-corrected chi connectivity index (χ0v) is 26.3. The molecule has 0 saturated carbocycles. The average molecular weight is 599 g/mol. The van der Waals surface area contributed by atoms with E-state index in [0.29, 0.717) is 13.2 Å². The van der Waals surface area contributed by atoms with Crippen molar-refractivity contribution >= 4 is 6.79 Å². The van der Waals surface area contributed by atoms with E-state index in [9.17, 15) is 5.11 Å². The molecule has 0 fully saturated rings. The summed E-state index contributed by atoms with van der Waals surface area (Å²) in [4.78, 5) is 8.00. The molecule has 3 aromatic rings. The van der Waals surface area contributed by atoms with Crippen LogP contribution < -0.4 is 9.47 Å². The third-order valence-corrected chi connectivity index (χ3v) is 5.45. The summed E-state index contributed by atoms with van der Waals surface area (Å²) in [7, 11) is 3.30. The molecule has 7 heteroatoms. The van der Waals surface area contributed by atoms with Crippen LogP contribution in [0.1, 0.15) is 44.4 Å². The Labute approximate surface area is 253 Å². The number of methoxy groups -OCH3 is 2. The second-order valence-electron chi connectivity index (χ2n) is 8.70. The number of carbonyl (C=O) groups excluding carboxylic acids is 1. The molecule has 0 aliphatic heterocycles. The van der Waals surface area contributed by atoms with Gasteiger partial charge in [0.15, 0.2) is 0 Å². The fourth-order valence-electron chi connectivity index (χ4n) is 3.63. The Morgan fingerprint density at radius 1 is 0.711 bits per heavy atom. The Morgan fingerprint density at radius 2 is 1.08 bits per heavy atom. The van der Waals surface area contributed by atoms with Crippen LogP contribution in [0.5, 0.6) is 11.5 Å². The molecule has 0 unspecified atom stereocenters. The van der Waals surface area contributed by atoms with Crippen LogP contribution in [0.3, 0.4) is 0 Å². The second kappa shape index (κ2) is 19.0. The quantitative estimate of drug-likeness (QED) is 0.170. The van der Waals surface area contributed by atoms with Gasteiger partial charge in [0.25, 0.3) is 0 Å². The van der Waals surface area contributed by atoms with Gasteiger partial charge in [-0.2, -0.15) is 13.8 Å². The zero-order chi connectivity index (χ0) is 27.7. The summed E-state index contributed by atoms with van der Waals surface area (Å²) in [5.41, 5.74) is 1.44. The molecule has 0 saturated heterocycles. The minimum Gasteiger partial charge on any atom is -0.497 e. The van der Waals surface area contributed by atoms with E-state index in [1.807, 2.05) is 108 Å². The molecule has 0 bridgehead atoms. The van der Waals surface area contributed by atoms with Crippen molar-refractivity contribution < 1.29 is 61.6 Å². The average Bonchev–Trinajstić information content (AvgIpc) is 2.95. The van der Waals surface area contributed by atoms with Crippen molar-refractivity contribution in [2.75, 3.05) is 34.0 Å². The van der Waals surface area contributed by atoms with Crippen molar-refractivity contribution in [3.05, 3.63) is 102 Å². The van der Waals surface area contributed by atoms with Crippen LogP contribution >= 0.6 is 0 Å².